The fraction of sp³-hybridized carbons (Fsp3) is 0.583. The van der Waals surface area contributed by atoms with Crippen LogP contribution in [0.1, 0.15) is 36.7 Å². The number of β-amino-alcohol motifs (C(OH)–C–C–N with tert-alkyl or cyclic N) is 1. The zero-order valence-electron chi connectivity index (χ0n) is 10.2. The van der Waals surface area contributed by atoms with Gasteiger partial charge >= 0.3 is 5.97 Å². The molecule has 0 aliphatic carbocycles. The zero-order valence-corrected chi connectivity index (χ0v) is 11.1. The van der Waals surface area contributed by atoms with Crippen LogP contribution >= 0.6 is 11.3 Å². The average Bonchev–Trinajstić information content (AvgIpc) is 2.59. The number of carbonyl (C=O) groups excluding carboxylic acids is 1. The van der Waals surface area contributed by atoms with E-state index in [1.807, 2.05) is 26.2 Å². The SMILES string of the molecule is CC(C)(C)OC(=O)c1cscc1C1(O)CNC1. The topological polar surface area (TPSA) is 58.6 Å². The van der Waals surface area contributed by atoms with Crippen LogP contribution in [0.2, 0.25) is 0 Å². The molecule has 0 spiro atoms. The quantitative estimate of drug-likeness (QED) is 0.786. The first-order chi connectivity index (χ1) is 7.82. The summed E-state index contributed by atoms with van der Waals surface area (Å²) in [6, 6.07) is 0. The molecule has 0 aromatic carbocycles. The Bertz CT molecular complexity index is 429. The van der Waals surface area contributed by atoms with Crippen molar-refractivity contribution in [2.24, 2.45) is 0 Å². The number of hydrogen-bond acceptors (Lipinski definition) is 5. The second-order valence-corrected chi connectivity index (χ2v) is 6.08. The minimum Gasteiger partial charge on any atom is -0.456 e. The molecule has 1 aromatic rings. The molecule has 0 atom stereocenters. The van der Waals surface area contributed by atoms with E-state index in [9.17, 15) is 9.90 Å². The van der Waals surface area contributed by atoms with E-state index in [1.165, 1.54) is 11.3 Å². The van der Waals surface area contributed by atoms with E-state index in [0.29, 0.717) is 24.2 Å². The van der Waals surface area contributed by atoms with Gasteiger partial charge in [0.1, 0.15) is 11.2 Å². The highest BCUT2D eigenvalue weighted by Crippen LogP contribution is 2.32. The van der Waals surface area contributed by atoms with Gasteiger partial charge in [-0.1, -0.05) is 0 Å². The van der Waals surface area contributed by atoms with Crippen LogP contribution in [0.5, 0.6) is 0 Å². The van der Waals surface area contributed by atoms with E-state index >= 15 is 0 Å². The molecule has 5 heteroatoms. The number of ether oxygens (including phenoxy) is 1. The van der Waals surface area contributed by atoms with Gasteiger partial charge in [0.15, 0.2) is 0 Å². The number of esters is 1. The molecule has 17 heavy (non-hydrogen) atoms. The number of thiophene rings is 1. The molecule has 2 heterocycles. The van der Waals surface area contributed by atoms with Gasteiger partial charge in [0.05, 0.1) is 5.56 Å². The molecule has 1 aromatic heterocycles. The third kappa shape index (κ3) is 2.51. The highest BCUT2D eigenvalue weighted by molar-refractivity contribution is 7.08. The standard InChI is InChI=1S/C12H17NO3S/c1-11(2,3)16-10(14)8-4-17-5-9(8)12(15)6-13-7-12/h4-5,13,15H,6-7H2,1-3H3. The van der Waals surface area contributed by atoms with Gasteiger partial charge in [-0.2, -0.15) is 11.3 Å². The summed E-state index contributed by atoms with van der Waals surface area (Å²) in [4.78, 5) is 12.0. The average molecular weight is 255 g/mol. The molecule has 1 fully saturated rings. The van der Waals surface area contributed by atoms with Crippen molar-refractivity contribution < 1.29 is 14.6 Å². The maximum Gasteiger partial charge on any atom is 0.339 e. The fourth-order valence-corrected chi connectivity index (χ4v) is 2.61. The van der Waals surface area contributed by atoms with E-state index in [-0.39, 0.29) is 5.97 Å². The lowest BCUT2D eigenvalue weighted by Crippen LogP contribution is -2.57. The first kappa shape index (κ1) is 12.5. The van der Waals surface area contributed by atoms with Crippen molar-refractivity contribution in [1.29, 1.82) is 0 Å². The normalized spacial score (nSPS) is 18.6. The number of aliphatic hydroxyl groups is 1. The Kier molecular flexibility index (Phi) is 3.01. The molecule has 4 nitrogen and oxygen atoms in total. The molecule has 0 saturated carbocycles. The van der Waals surface area contributed by atoms with Crippen LogP contribution in [-0.2, 0) is 10.3 Å². The summed E-state index contributed by atoms with van der Waals surface area (Å²) < 4.78 is 5.32. The van der Waals surface area contributed by atoms with Crippen LogP contribution in [0, 0.1) is 0 Å². The molecular formula is C12H17NO3S. The number of rotatable bonds is 2. The molecule has 1 aliphatic heterocycles. The zero-order chi connectivity index (χ0) is 12.7. The predicted octanol–water partition coefficient (Wildman–Crippen LogP) is 1.49. The van der Waals surface area contributed by atoms with Gasteiger partial charge in [0.25, 0.3) is 0 Å². The summed E-state index contributed by atoms with van der Waals surface area (Å²) in [6.07, 6.45) is 0. The highest BCUT2D eigenvalue weighted by Gasteiger charge is 2.40. The van der Waals surface area contributed by atoms with Crippen LogP contribution in [0.25, 0.3) is 0 Å². The maximum atomic E-state index is 12.0. The fourth-order valence-electron chi connectivity index (χ4n) is 1.70. The van der Waals surface area contributed by atoms with Gasteiger partial charge in [-0.05, 0) is 26.2 Å². The Labute approximate surface area is 105 Å². The minimum atomic E-state index is -0.910. The maximum absolute atomic E-state index is 12.0. The number of hydrogen-bond donors (Lipinski definition) is 2. The lowest BCUT2D eigenvalue weighted by atomic mass is 9.87. The lowest BCUT2D eigenvalue weighted by molar-refractivity contribution is -0.0181. The molecule has 1 saturated heterocycles. The Morgan fingerprint density at radius 3 is 2.59 bits per heavy atom. The molecule has 2 rings (SSSR count). The molecule has 2 N–H and O–H groups in total. The van der Waals surface area contributed by atoms with E-state index < -0.39 is 11.2 Å². The molecule has 1 aliphatic rings. The minimum absolute atomic E-state index is 0.367. The third-order valence-electron chi connectivity index (χ3n) is 2.62. The van der Waals surface area contributed by atoms with Crippen molar-refractivity contribution in [3.05, 3.63) is 21.9 Å². The van der Waals surface area contributed by atoms with Crippen molar-refractivity contribution in [3.8, 4) is 0 Å². The molecule has 94 valence electrons. The van der Waals surface area contributed by atoms with Crippen LogP contribution in [0.15, 0.2) is 10.8 Å². The third-order valence-corrected chi connectivity index (χ3v) is 3.36. The molecule has 0 unspecified atom stereocenters. The van der Waals surface area contributed by atoms with Crippen molar-refractivity contribution in [2.75, 3.05) is 13.1 Å². The summed E-state index contributed by atoms with van der Waals surface area (Å²) >= 11 is 1.41. The second-order valence-electron chi connectivity index (χ2n) is 5.34. The molecule has 0 amide bonds. The smallest absolute Gasteiger partial charge is 0.339 e. The van der Waals surface area contributed by atoms with Crippen LogP contribution in [-0.4, -0.2) is 29.8 Å². The van der Waals surface area contributed by atoms with Gasteiger partial charge in [-0.25, -0.2) is 4.79 Å². The Balaban J connectivity index is 2.22. The summed E-state index contributed by atoms with van der Waals surface area (Å²) in [6.45, 7) is 6.46. The Morgan fingerprint density at radius 2 is 2.12 bits per heavy atom. The van der Waals surface area contributed by atoms with Crippen LogP contribution < -0.4 is 5.32 Å². The van der Waals surface area contributed by atoms with Gasteiger partial charge < -0.3 is 15.2 Å². The second kappa shape index (κ2) is 4.08. The van der Waals surface area contributed by atoms with Gasteiger partial charge in [0.2, 0.25) is 0 Å². The number of carbonyl (C=O) groups is 1. The Hall–Kier alpha value is -0.910. The van der Waals surface area contributed by atoms with Crippen molar-refractivity contribution in [1.82, 2.24) is 5.32 Å². The van der Waals surface area contributed by atoms with Gasteiger partial charge in [0, 0.05) is 24.0 Å². The van der Waals surface area contributed by atoms with Gasteiger partial charge in [-0.15, -0.1) is 0 Å². The van der Waals surface area contributed by atoms with E-state index in [0.717, 1.165) is 0 Å². The van der Waals surface area contributed by atoms with Crippen molar-refractivity contribution in [3.63, 3.8) is 0 Å². The van der Waals surface area contributed by atoms with E-state index in [2.05, 4.69) is 5.32 Å². The van der Waals surface area contributed by atoms with Crippen LogP contribution in [0.4, 0.5) is 0 Å². The first-order valence-corrected chi connectivity index (χ1v) is 6.49. The highest BCUT2D eigenvalue weighted by atomic mass is 32.1. The predicted molar refractivity (Wildman–Crippen MR) is 66.3 cm³/mol. The van der Waals surface area contributed by atoms with Crippen molar-refractivity contribution in [2.45, 2.75) is 32.0 Å². The monoisotopic (exact) mass is 255 g/mol. The van der Waals surface area contributed by atoms with Crippen LogP contribution in [0.3, 0.4) is 0 Å². The summed E-state index contributed by atoms with van der Waals surface area (Å²) in [5.41, 5.74) is -0.271. The summed E-state index contributed by atoms with van der Waals surface area (Å²) in [5.74, 6) is -0.367. The molecular weight excluding hydrogens is 238 g/mol. The van der Waals surface area contributed by atoms with Gasteiger partial charge in [-0.3, -0.25) is 0 Å². The number of nitrogens with one attached hydrogen (secondary N) is 1. The first-order valence-electron chi connectivity index (χ1n) is 5.55. The summed E-state index contributed by atoms with van der Waals surface area (Å²) in [7, 11) is 0. The largest absolute Gasteiger partial charge is 0.456 e. The van der Waals surface area contributed by atoms with E-state index in [4.69, 9.17) is 4.74 Å². The molecule has 0 bridgehead atoms. The Morgan fingerprint density at radius 1 is 1.47 bits per heavy atom. The summed E-state index contributed by atoms with van der Waals surface area (Å²) in [5, 5.41) is 16.8. The lowest BCUT2D eigenvalue weighted by Gasteiger charge is -2.38. The molecule has 0 radical (unpaired) electrons. The van der Waals surface area contributed by atoms with E-state index in [1.54, 1.807) is 5.38 Å². The van der Waals surface area contributed by atoms with Crippen molar-refractivity contribution >= 4 is 17.3 Å².